The number of nitrogens with zero attached hydrogens (tertiary/aromatic N) is 4. The largest absolute Gasteiger partial charge is 0.399 e. The van der Waals surface area contributed by atoms with Crippen LogP contribution in [0.4, 0.5) is 5.69 Å². The first-order valence-corrected chi connectivity index (χ1v) is 6.92. The molecule has 0 fully saturated rings. The van der Waals surface area contributed by atoms with Crippen molar-refractivity contribution in [3.63, 3.8) is 0 Å². The van der Waals surface area contributed by atoms with E-state index in [9.17, 15) is 0 Å². The molecule has 5 nitrogen and oxygen atoms in total. The second-order valence-corrected chi connectivity index (χ2v) is 5.16. The molecule has 20 heavy (non-hydrogen) atoms. The van der Waals surface area contributed by atoms with Crippen LogP contribution in [0.15, 0.2) is 36.7 Å². The zero-order valence-electron chi connectivity index (χ0n) is 11.8. The van der Waals surface area contributed by atoms with Crippen molar-refractivity contribution in [2.75, 3.05) is 5.73 Å². The number of aromatic nitrogens is 4. The predicted molar refractivity (Wildman–Crippen MR) is 80.5 cm³/mol. The Balaban J connectivity index is 1.89. The molecule has 3 aromatic rings. The van der Waals surface area contributed by atoms with Gasteiger partial charge in [0.25, 0.3) is 0 Å². The van der Waals surface area contributed by atoms with Gasteiger partial charge in [0.05, 0.1) is 24.0 Å². The molecule has 0 amide bonds. The molecule has 5 heteroatoms. The number of anilines is 1. The van der Waals surface area contributed by atoms with Gasteiger partial charge in [-0.1, -0.05) is 6.92 Å². The summed E-state index contributed by atoms with van der Waals surface area (Å²) in [5.74, 6) is 0. The highest BCUT2D eigenvalue weighted by atomic mass is 15.3. The van der Waals surface area contributed by atoms with E-state index in [0.717, 1.165) is 28.7 Å². The third kappa shape index (κ3) is 2.27. The summed E-state index contributed by atoms with van der Waals surface area (Å²) in [4.78, 5) is 0. The lowest BCUT2D eigenvalue weighted by atomic mass is 10.2. The molecule has 0 aliphatic heterocycles. The molecule has 0 radical (unpaired) electrons. The van der Waals surface area contributed by atoms with Crippen molar-refractivity contribution in [3.8, 4) is 0 Å². The maximum Gasteiger partial charge on any atom is 0.0857 e. The van der Waals surface area contributed by atoms with Gasteiger partial charge in [-0.2, -0.15) is 10.2 Å². The summed E-state index contributed by atoms with van der Waals surface area (Å²) in [5, 5.41) is 10.1. The van der Waals surface area contributed by atoms with Gasteiger partial charge in [-0.25, -0.2) is 0 Å². The number of benzene rings is 1. The van der Waals surface area contributed by atoms with Gasteiger partial charge in [-0.3, -0.25) is 9.36 Å². The number of nitrogens with two attached hydrogens (primary N) is 1. The second-order valence-electron chi connectivity index (χ2n) is 5.16. The molecule has 0 spiro atoms. The molecule has 2 heterocycles. The van der Waals surface area contributed by atoms with Crippen LogP contribution in [0.2, 0.25) is 0 Å². The molecular formula is C15H19N5. The predicted octanol–water partition coefficient (Wildman–Crippen LogP) is 2.83. The zero-order valence-corrected chi connectivity index (χ0v) is 11.8. The Hall–Kier alpha value is -2.30. The molecule has 0 saturated heterocycles. The van der Waals surface area contributed by atoms with Gasteiger partial charge in [0, 0.05) is 23.3 Å². The highest BCUT2D eigenvalue weighted by Gasteiger charge is 2.08. The molecule has 0 aliphatic carbocycles. The van der Waals surface area contributed by atoms with Gasteiger partial charge in [0.2, 0.25) is 0 Å². The summed E-state index contributed by atoms with van der Waals surface area (Å²) in [6.45, 7) is 4.99. The van der Waals surface area contributed by atoms with E-state index in [1.54, 1.807) is 0 Å². The summed E-state index contributed by atoms with van der Waals surface area (Å²) < 4.78 is 3.95. The van der Waals surface area contributed by atoms with Gasteiger partial charge in [-0.15, -0.1) is 0 Å². The lowest BCUT2D eigenvalue weighted by Gasteiger charge is -2.08. The highest BCUT2D eigenvalue weighted by Crippen LogP contribution is 2.18. The number of hydrogen-bond acceptors (Lipinski definition) is 3. The van der Waals surface area contributed by atoms with Crippen LogP contribution >= 0.6 is 0 Å². The fraction of sp³-hybridized carbons (Fsp3) is 0.333. The fourth-order valence-electron chi connectivity index (χ4n) is 2.26. The third-order valence-corrected chi connectivity index (χ3v) is 3.69. The van der Waals surface area contributed by atoms with Gasteiger partial charge >= 0.3 is 0 Å². The summed E-state index contributed by atoms with van der Waals surface area (Å²) >= 11 is 0. The highest BCUT2D eigenvalue weighted by molar-refractivity contribution is 5.81. The van der Waals surface area contributed by atoms with E-state index in [1.807, 2.05) is 46.0 Å². The summed E-state index contributed by atoms with van der Waals surface area (Å²) in [7, 11) is 0. The third-order valence-electron chi connectivity index (χ3n) is 3.69. The van der Waals surface area contributed by atoms with Crippen molar-refractivity contribution in [1.29, 1.82) is 0 Å². The summed E-state index contributed by atoms with van der Waals surface area (Å²) in [6, 6.07) is 8.31. The van der Waals surface area contributed by atoms with Crippen LogP contribution in [0.1, 0.15) is 32.0 Å². The number of hydrogen-bond donors (Lipinski definition) is 1. The molecule has 1 atom stereocenters. The summed E-state index contributed by atoms with van der Waals surface area (Å²) in [5.41, 5.74) is 8.66. The topological polar surface area (TPSA) is 61.7 Å². The van der Waals surface area contributed by atoms with Crippen LogP contribution in [0.3, 0.4) is 0 Å². The zero-order chi connectivity index (χ0) is 14.1. The van der Waals surface area contributed by atoms with Gasteiger partial charge in [-0.05, 0) is 37.6 Å². The number of nitrogen functional groups attached to an aromatic ring is 1. The minimum atomic E-state index is 0.425. The Morgan fingerprint density at radius 3 is 2.95 bits per heavy atom. The molecule has 2 aromatic heterocycles. The molecule has 3 rings (SSSR count). The smallest absolute Gasteiger partial charge is 0.0857 e. The molecular weight excluding hydrogens is 250 g/mol. The minimum absolute atomic E-state index is 0.425. The quantitative estimate of drug-likeness (QED) is 0.741. The van der Waals surface area contributed by atoms with E-state index in [1.165, 1.54) is 0 Å². The Morgan fingerprint density at radius 2 is 2.15 bits per heavy atom. The molecule has 0 aliphatic rings. The standard InChI is InChI=1S/C15H19N5/c1-3-11(2)19-7-6-14(18-19)10-20-15-8-13(16)5-4-12(15)9-17-20/h4-9,11H,3,10,16H2,1-2H3. The first-order valence-electron chi connectivity index (χ1n) is 6.92. The molecule has 0 bridgehead atoms. The van der Waals surface area contributed by atoms with Crippen molar-refractivity contribution in [2.24, 2.45) is 0 Å². The molecule has 2 N–H and O–H groups in total. The van der Waals surface area contributed by atoms with Gasteiger partial charge in [0.15, 0.2) is 0 Å². The Morgan fingerprint density at radius 1 is 1.30 bits per heavy atom. The van der Waals surface area contributed by atoms with Gasteiger partial charge < -0.3 is 5.73 Å². The Bertz CT molecular complexity index is 725. The number of fused-ring (bicyclic) bond motifs is 1. The molecule has 104 valence electrons. The minimum Gasteiger partial charge on any atom is -0.399 e. The van der Waals surface area contributed by atoms with Crippen molar-refractivity contribution in [1.82, 2.24) is 19.6 Å². The van der Waals surface area contributed by atoms with Crippen molar-refractivity contribution < 1.29 is 0 Å². The van der Waals surface area contributed by atoms with E-state index in [0.29, 0.717) is 12.6 Å². The fourth-order valence-corrected chi connectivity index (χ4v) is 2.26. The monoisotopic (exact) mass is 269 g/mol. The van der Waals surface area contributed by atoms with Crippen LogP contribution < -0.4 is 5.73 Å². The Labute approximate surface area is 118 Å². The maximum atomic E-state index is 5.85. The van der Waals surface area contributed by atoms with E-state index in [2.05, 4.69) is 24.0 Å². The lowest BCUT2D eigenvalue weighted by Crippen LogP contribution is -2.07. The lowest BCUT2D eigenvalue weighted by molar-refractivity contribution is 0.471. The van der Waals surface area contributed by atoms with E-state index >= 15 is 0 Å². The molecule has 1 unspecified atom stereocenters. The maximum absolute atomic E-state index is 5.85. The molecule has 0 saturated carbocycles. The van der Waals surface area contributed by atoms with Crippen molar-refractivity contribution >= 4 is 16.6 Å². The first kappa shape index (κ1) is 12.7. The number of rotatable bonds is 4. The second kappa shape index (κ2) is 5.00. The van der Waals surface area contributed by atoms with Gasteiger partial charge in [0.1, 0.15) is 0 Å². The van der Waals surface area contributed by atoms with E-state index < -0.39 is 0 Å². The first-order chi connectivity index (χ1) is 9.67. The summed E-state index contributed by atoms with van der Waals surface area (Å²) in [6.07, 6.45) is 4.96. The average molecular weight is 269 g/mol. The van der Waals surface area contributed by atoms with Crippen molar-refractivity contribution in [2.45, 2.75) is 32.9 Å². The van der Waals surface area contributed by atoms with Crippen LogP contribution in [0.5, 0.6) is 0 Å². The van der Waals surface area contributed by atoms with Crippen LogP contribution in [0.25, 0.3) is 10.9 Å². The van der Waals surface area contributed by atoms with E-state index in [4.69, 9.17) is 5.73 Å². The van der Waals surface area contributed by atoms with Crippen molar-refractivity contribution in [3.05, 3.63) is 42.4 Å². The molecule has 1 aromatic carbocycles. The Kier molecular flexibility index (Phi) is 3.18. The van der Waals surface area contributed by atoms with Crippen LogP contribution in [0, 0.1) is 0 Å². The van der Waals surface area contributed by atoms with Crippen LogP contribution in [-0.2, 0) is 6.54 Å². The van der Waals surface area contributed by atoms with Crippen LogP contribution in [-0.4, -0.2) is 19.6 Å². The average Bonchev–Trinajstić information content (AvgIpc) is 3.06. The normalized spacial score (nSPS) is 12.9. The SMILES string of the molecule is CCC(C)n1ccc(Cn2ncc3ccc(N)cc32)n1. The van der Waals surface area contributed by atoms with E-state index in [-0.39, 0.29) is 0 Å².